The van der Waals surface area contributed by atoms with Gasteiger partial charge in [-0.05, 0) is 44.6 Å². The van der Waals surface area contributed by atoms with Crippen molar-refractivity contribution in [2.75, 3.05) is 33.7 Å². The number of alkyl halides is 8. The second kappa shape index (κ2) is 11.0. The lowest BCUT2D eigenvalue weighted by molar-refractivity contribution is -0.201. The van der Waals surface area contributed by atoms with Crippen molar-refractivity contribution in [2.45, 2.75) is 93.8 Å². The molecule has 0 spiro atoms. The van der Waals surface area contributed by atoms with Gasteiger partial charge in [0, 0.05) is 32.6 Å². The highest BCUT2D eigenvalue weighted by atomic mass is 19.4. The minimum absolute atomic E-state index is 0.0349. The molecule has 5 aliphatic rings. The average Bonchev–Trinajstić information content (AvgIpc) is 3.38. The van der Waals surface area contributed by atoms with E-state index in [9.17, 15) is 26.3 Å². The molecule has 40 heavy (non-hydrogen) atoms. The molecule has 3 heterocycles. The fraction of sp³-hybridized carbons (Fsp3) is 0.960. The van der Waals surface area contributed by atoms with Gasteiger partial charge in [-0.3, -0.25) is 26.3 Å². The molecule has 7 nitrogen and oxygen atoms in total. The van der Waals surface area contributed by atoms with Crippen molar-refractivity contribution in [3.05, 3.63) is 0 Å². The third-order valence-electron chi connectivity index (χ3n) is 9.92. The minimum Gasteiger partial charge on any atom is -0.338 e. The summed E-state index contributed by atoms with van der Waals surface area (Å²) in [6.07, 6.45) is -12.7. The SMILES string of the molecule is CN1CC(C(F)(F)F)NC1C1CC(F)C(CN2C(=N)N(C)C3CNC(C4CCCCC4C(F)(F)F)NC32)C(F)C1. The number of nitrogens with zero attached hydrogens (tertiary/aromatic N) is 3. The normalized spacial score (nSPS) is 43.9. The van der Waals surface area contributed by atoms with Crippen LogP contribution in [0.2, 0.25) is 0 Å². The number of guanidine groups is 1. The summed E-state index contributed by atoms with van der Waals surface area (Å²) >= 11 is 0. The molecular weight excluding hydrogens is 550 g/mol. The molecule has 0 radical (unpaired) electrons. The van der Waals surface area contributed by atoms with Crippen LogP contribution >= 0.6 is 0 Å². The topological polar surface area (TPSA) is 69.7 Å². The fourth-order valence-corrected chi connectivity index (χ4v) is 7.74. The molecule has 5 rings (SSSR count). The summed E-state index contributed by atoms with van der Waals surface area (Å²) in [7, 11) is 3.19. The highest BCUT2D eigenvalue weighted by Gasteiger charge is 2.54. The first-order chi connectivity index (χ1) is 18.7. The Balaban J connectivity index is 1.26. The molecule has 2 aliphatic carbocycles. The molecule has 0 amide bonds. The van der Waals surface area contributed by atoms with Crippen LogP contribution in [0, 0.1) is 29.1 Å². The van der Waals surface area contributed by atoms with Crippen LogP contribution in [0.15, 0.2) is 0 Å². The largest absolute Gasteiger partial charge is 0.405 e. The van der Waals surface area contributed by atoms with E-state index in [1.165, 1.54) is 11.9 Å². The van der Waals surface area contributed by atoms with Crippen LogP contribution in [0.3, 0.4) is 0 Å². The van der Waals surface area contributed by atoms with Crippen LogP contribution in [0.5, 0.6) is 0 Å². The third-order valence-corrected chi connectivity index (χ3v) is 9.92. The molecule has 5 fully saturated rings. The van der Waals surface area contributed by atoms with Crippen molar-refractivity contribution in [2.24, 2.45) is 23.7 Å². The predicted molar refractivity (Wildman–Crippen MR) is 132 cm³/mol. The lowest BCUT2D eigenvalue weighted by Gasteiger charge is -2.46. The Kier molecular flexibility index (Phi) is 8.25. The van der Waals surface area contributed by atoms with Crippen molar-refractivity contribution in [1.82, 2.24) is 30.7 Å². The van der Waals surface area contributed by atoms with Gasteiger partial charge in [-0.15, -0.1) is 0 Å². The number of hydrogen-bond donors (Lipinski definition) is 4. The van der Waals surface area contributed by atoms with Gasteiger partial charge in [-0.2, -0.15) is 26.3 Å². The maximum absolute atomic E-state index is 15.5. The lowest BCUT2D eigenvalue weighted by Crippen LogP contribution is -2.68. The van der Waals surface area contributed by atoms with E-state index >= 15 is 8.78 Å². The van der Waals surface area contributed by atoms with Crippen molar-refractivity contribution < 1.29 is 35.1 Å². The molecule has 0 aromatic carbocycles. The predicted octanol–water partition coefficient (Wildman–Crippen LogP) is 3.25. The summed E-state index contributed by atoms with van der Waals surface area (Å²) in [5.41, 5.74) is 0. The maximum Gasteiger partial charge on any atom is 0.405 e. The van der Waals surface area contributed by atoms with Crippen molar-refractivity contribution in [3.63, 3.8) is 0 Å². The van der Waals surface area contributed by atoms with Crippen molar-refractivity contribution in [1.29, 1.82) is 5.41 Å². The second-order valence-corrected chi connectivity index (χ2v) is 12.3. The maximum atomic E-state index is 15.5. The Morgan fingerprint density at radius 3 is 2.15 bits per heavy atom. The van der Waals surface area contributed by atoms with E-state index in [-0.39, 0.29) is 44.4 Å². The Morgan fingerprint density at radius 2 is 1.55 bits per heavy atom. The van der Waals surface area contributed by atoms with Gasteiger partial charge in [0.05, 0.1) is 24.3 Å². The second-order valence-electron chi connectivity index (χ2n) is 12.3. The van der Waals surface area contributed by atoms with Crippen molar-refractivity contribution in [3.8, 4) is 0 Å². The first-order valence-electron chi connectivity index (χ1n) is 14.1. The molecule has 15 heteroatoms. The molecule has 230 valence electrons. The fourth-order valence-electron chi connectivity index (χ4n) is 7.74. The van der Waals surface area contributed by atoms with E-state index < -0.39 is 72.9 Å². The number of likely N-dealkylation sites (N-methyl/N-ethyl adjacent to an activating group) is 2. The molecule has 2 saturated carbocycles. The Labute approximate surface area is 228 Å². The van der Waals surface area contributed by atoms with E-state index in [0.717, 1.165) is 0 Å². The van der Waals surface area contributed by atoms with Gasteiger partial charge >= 0.3 is 12.4 Å². The quantitative estimate of drug-likeness (QED) is 0.378. The summed E-state index contributed by atoms with van der Waals surface area (Å²) in [6, 6.07) is -2.06. The smallest absolute Gasteiger partial charge is 0.338 e. The summed E-state index contributed by atoms with van der Waals surface area (Å²) in [4.78, 5) is 4.66. The molecule has 0 aromatic heterocycles. The molecule has 3 saturated heterocycles. The summed E-state index contributed by atoms with van der Waals surface area (Å²) in [6.45, 7) is -0.116. The lowest BCUT2D eigenvalue weighted by atomic mass is 9.76. The number of nitrogens with one attached hydrogen (secondary N) is 4. The monoisotopic (exact) mass is 589 g/mol. The Morgan fingerprint density at radius 1 is 0.900 bits per heavy atom. The number of fused-ring (bicyclic) bond motifs is 1. The molecule has 3 aliphatic heterocycles. The number of halogens is 8. The first-order valence-corrected chi connectivity index (χ1v) is 14.1. The van der Waals surface area contributed by atoms with Gasteiger partial charge in [-0.25, -0.2) is 8.78 Å². The van der Waals surface area contributed by atoms with Gasteiger partial charge < -0.3 is 9.80 Å². The summed E-state index contributed by atoms with van der Waals surface area (Å²) in [5, 5.41) is 17.6. The van der Waals surface area contributed by atoms with E-state index in [4.69, 9.17) is 5.41 Å². The van der Waals surface area contributed by atoms with Gasteiger partial charge in [0.15, 0.2) is 5.96 Å². The molecule has 0 bridgehead atoms. The van der Waals surface area contributed by atoms with E-state index in [0.29, 0.717) is 25.8 Å². The Bertz CT molecular complexity index is 907. The van der Waals surface area contributed by atoms with Gasteiger partial charge in [-0.1, -0.05) is 12.8 Å². The molecule has 4 N–H and O–H groups in total. The van der Waals surface area contributed by atoms with Gasteiger partial charge in [0.25, 0.3) is 0 Å². The standard InChI is InChI=1S/C25H39F8N7/c1-38-11-19(25(31,32)33)36-21(38)12-7-16(26)14(17(27)8-12)10-40-22-18(39(2)23(40)34)9-35-20(37-22)13-5-3-4-6-15(13)24(28,29)30/h12-22,34-37H,3-11H2,1-2H3. The zero-order chi connectivity index (χ0) is 29.1. The van der Waals surface area contributed by atoms with Crippen LogP contribution < -0.4 is 16.0 Å². The van der Waals surface area contributed by atoms with E-state index in [2.05, 4.69) is 16.0 Å². The van der Waals surface area contributed by atoms with Crippen LogP contribution in [0.4, 0.5) is 35.1 Å². The van der Waals surface area contributed by atoms with E-state index in [1.54, 1.807) is 16.8 Å². The zero-order valence-corrected chi connectivity index (χ0v) is 22.6. The molecular formula is C25H39F8N7. The molecule has 9 atom stereocenters. The number of rotatable bonds is 4. The minimum atomic E-state index is -4.46. The van der Waals surface area contributed by atoms with Crippen molar-refractivity contribution >= 4 is 5.96 Å². The third kappa shape index (κ3) is 5.63. The molecule has 0 aromatic rings. The summed E-state index contributed by atoms with van der Waals surface area (Å²) < 4.78 is 112. The van der Waals surface area contributed by atoms with Crippen LogP contribution in [-0.2, 0) is 0 Å². The van der Waals surface area contributed by atoms with Gasteiger partial charge in [0.1, 0.15) is 24.6 Å². The summed E-state index contributed by atoms with van der Waals surface area (Å²) in [5.74, 6) is -3.87. The Hall–Kier alpha value is -1.45. The number of hydrogen-bond acceptors (Lipinski definition) is 5. The van der Waals surface area contributed by atoms with Crippen LogP contribution in [0.1, 0.15) is 38.5 Å². The first kappa shape index (κ1) is 30.0. The average molecular weight is 590 g/mol. The van der Waals surface area contributed by atoms with E-state index in [1.807, 2.05) is 0 Å². The zero-order valence-electron chi connectivity index (χ0n) is 22.6. The van der Waals surface area contributed by atoms with Gasteiger partial charge in [0.2, 0.25) is 0 Å². The highest BCUT2D eigenvalue weighted by molar-refractivity contribution is 5.80. The van der Waals surface area contributed by atoms with Crippen LogP contribution in [0.25, 0.3) is 0 Å². The highest BCUT2D eigenvalue weighted by Crippen LogP contribution is 2.44. The van der Waals surface area contributed by atoms with Crippen LogP contribution in [-0.4, -0.2) is 110 Å². The molecule has 9 unspecified atom stereocenters.